The number of fused-ring (bicyclic) bond motifs is 1. The fraction of sp³-hybridized carbons (Fsp3) is 0.650. The van der Waals surface area contributed by atoms with E-state index >= 15 is 0 Å². The molecule has 1 aromatic rings. The summed E-state index contributed by atoms with van der Waals surface area (Å²) in [7, 11) is 0.307. The topological polar surface area (TPSA) is 38.3 Å². The van der Waals surface area contributed by atoms with E-state index in [1.165, 1.54) is 24.0 Å². The maximum absolute atomic E-state index is 12.9. The molecule has 1 fully saturated rings. The highest BCUT2D eigenvalue weighted by Crippen LogP contribution is 2.41. The molecule has 1 aromatic carbocycles. The minimum absolute atomic E-state index is 0.0254. The molecule has 1 saturated carbocycles. The molecule has 2 aliphatic rings. The van der Waals surface area contributed by atoms with E-state index in [-0.39, 0.29) is 17.7 Å². The van der Waals surface area contributed by atoms with Crippen LogP contribution in [0.15, 0.2) is 24.3 Å². The number of rotatable bonds is 4. The fourth-order valence-electron chi connectivity index (χ4n) is 4.25. The Morgan fingerprint density at radius 3 is 2.88 bits per heavy atom. The molecule has 3 nitrogen and oxygen atoms in total. The zero-order valence-corrected chi connectivity index (χ0v) is 16.0. The number of benzene rings is 1. The third-order valence-electron chi connectivity index (χ3n) is 5.68. The number of amides is 1. The van der Waals surface area contributed by atoms with Gasteiger partial charge < -0.3 is 9.82 Å². The lowest BCUT2D eigenvalue weighted by atomic mass is 9.70. The van der Waals surface area contributed by atoms with Gasteiger partial charge in [0.2, 0.25) is 5.91 Å². The zero-order chi connectivity index (χ0) is 17.1. The lowest BCUT2D eigenvalue weighted by molar-refractivity contribution is -0.127. The molecule has 4 heteroatoms. The Morgan fingerprint density at radius 2 is 2.08 bits per heavy atom. The van der Waals surface area contributed by atoms with Gasteiger partial charge in [0.1, 0.15) is 5.85 Å². The van der Waals surface area contributed by atoms with Gasteiger partial charge in [0.05, 0.1) is 6.61 Å². The van der Waals surface area contributed by atoms with Crippen molar-refractivity contribution in [3.05, 3.63) is 35.4 Å². The minimum Gasteiger partial charge on any atom is -0.367 e. The van der Waals surface area contributed by atoms with Gasteiger partial charge in [0.25, 0.3) is 0 Å². The van der Waals surface area contributed by atoms with Crippen LogP contribution >= 0.6 is 8.73 Å². The lowest BCUT2D eigenvalue weighted by Gasteiger charge is -2.36. The Morgan fingerprint density at radius 1 is 1.29 bits per heavy atom. The lowest BCUT2D eigenvalue weighted by Crippen LogP contribution is -2.38. The number of nitrogens with one attached hydrogen (secondary N) is 1. The van der Waals surface area contributed by atoms with Gasteiger partial charge in [-0.2, -0.15) is 0 Å². The SMILES string of the molecule is CC1CC[C@@H](C(C)C)[C@H](C(=O)NPC2OCCc3ccccc32)C1. The third-order valence-corrected chi connectivity index (χ3v) is 6.81. The Kier molecular flexibility index (Phi) is 5.94. The van der Waals surface area contributed by atoms with E-state index in [2.05, 4.69) is 50.1 Å². The van der Waals surface area contributed by atoms with Crippen LogP contribution in [0.3, 0.4) is 0 Å². The van der Waals surface area contributed by atoms with Crippen LogP contribution in [0.2, 0.25) is 0 Å². The van der Waals surface area contributed by atoms with Crippen molar-refractivity contribution < 1.29 is 9.53 Å². The van der Waals surface area contributed by atoms with Gasteiger partial charge in [-0.15, -0.1) is 0 Å². The number of ether oxygens (including phenoxy) is 1. The van der Waals surface area contributed by atoms with E-state index in [4.69, 9.17) is 4.74 Å². The van der Waals surface area contributed by atoms with Crippen molar-refractivity contribution in [2.75, 3.05) is 6.61 Å². The molecule has 1 aliphatic carbocycles. The predicted molar refractivity (Wildman–Crippen MR) is 100 cm³/mol. The van der Waals surface area contributed by atoms with Crippen molar-refractivity contribution in [2.24, 2.45) is 23.7 Å². The first-order valence-corrected chi connectivity index (χ1v) is 10.4. The van der Waals surface area contributed by atoms with E-state index in [0.717, 1.165) is 19.4 Å². The molecule has 1 aliphatic heterocycles. The van der Waals surface area contributed by atoms with Crippen LogP contribution in [-0.4, -0.2) is 12.5 Å². The first-order valence-electron chi connectivity index (χ1n) is 9.31. The van der Waals surface area contributed by atoms with Crippen LogP contribution in [0, 0.1) is 23.7 Å². The van der Waals surface area contributed by atoms with Gasteiger partial charge in [-0.25, -0.2) is 0 Å². The summed E-state index contributed by atoms with van der Waals surface area (Å²) in [6.45, 7) is 7.53. The Hall–Kier alpha value is -0.920. The van der Waals surface area contributed by atoms with E-state index in [0.29, 0.717) is 26.5 Å². The van der Waals surface area contributed by atoms with Crippen molar-refractivity contribution in [1.29, 1.82) is 0 Å². The van der Waals surface area contributed by atoms with Gasteiger partial charge in [0, 0.05) is 14.6 Å². The summed E-state index contributed by atoms with van der Waals surface area (Å²) < 4.78 is 5.94. The summed E-state index contributed by atoms with van der Waals surface area (Å²) in [6.07, 6.45) is 4.44. The second-order valence-corrected chi connectivity index (χ2v) is 8.83. The summed E-state index contributed by atoms with van der Waals surface area (Å²) in [5.74, 6) is 2.18. The molecular formula is C20H30NO2P. The molecule has 5 atom stereocenters. The van der Waals surface area contributed by atoms with E-state index in [1.54, 1.807) is 0 Å². The summed E-state index contributed by atoms with van der Waals surface area (Å²) >= 11 is 0. The Labute approximate surface area is 147 Å². The highest BCUT2D eigenvalue weighted by atomic mass is 31.1. The third kappa shape index (κ3) is 4.00. The van der Waals surface area contributed by atoms with Gasteiger partial charge >= 0.3 is 0 Å². The normalized spacial score (nSPS) is 30.5. The summed E-state index contributed by atoms with van der Waals surface area (Å²) in [5.41, 5.74) is 2.61. The van der Waals surface area contributed by atoms with Crippen LogP contribution in [0.5, 0.6) is 0 Å². The monoisotopic (exact) mass is 347 g/mol. The van der Waals surface area contributed by atoms with E-state index in [1.807, 2.05) is 0 Å². The molecule has 0 saturated heterocycles. The van der Waals surface area contributed by atoms with Gasteiger partial charge in [-0.3, -0.25) is 4.79 Å². The molecule has 1 N–H and O–H groups in total. The number of carbonyl (C=O) groups excluding carboxylic acids is 1. The summed E-state index contributed by atoms with van der Waals surface area (Å²) in [4.78, 5) is 12.9. The van der Waals surface area contributed by atoms with Gasteiger partial charge in [-0.1, -0.05) is 51.5 Å². The molecule has 24 heavy (non-hydrogen) atoms. The Bertz CT molecular complexity index is 575. The molecule has 1 amide bonds. The van der Waals surface area contributed by atoms with Gasteiger partial charge in [0.15, 0.2) is 0 Å². The van der Waals surface area contributed by atoms with Crippen molar-refractivity contribution in [1.82, 2.24) is 5.09 Å². The van der Waals surface area contributed by atoms with Crippen LogP contribution < -0.4 is 5.09 Å². The van der Waals surface area contributed by atoms with Crippen LogP contribution in [-0.2, 0) is 16.0 Å². The van der Waals surface area contributed by atoms with E-state index in [9.17, 15) is 4.79 Å². The number of hydrogen-bond acceptors (Lipinski definition) is 2. The maximum atomic E-state index is 12.9. The van der Waals surface area contributed by atoms with Crippen molar-refractivity contribution in [3.8, 4) is 0 Å². The molecule has 0 radical (unpaired) electrons. The molecule has 0 spiro atoms. The van der Waals surface area contributed by atoms with Crippen molar-refractivity contribution >= 4 is 14.6 Å². The second-order valence-electron chi connectivity index (χ2n) is 7.77. The highest BCUT2D eigenvalue weighted by molar-refractivity contribution is 7.36. The summed E-state index contributed by atoms with van der Waals surface area (Å²) in [5, 5.41) is 3.23. The quantitative estimate of drug-likeness (QED) is 0.804. The minimum atomic E-state index is 0.0254. The predicted octanol–water partition coefficient (Wildman–Crippen LogP) is 4.68. The van der Waals surface area contributed by atoms with Crippen LogP contribution in [0.1, 0.15) is 57.0 Å². The molecule has 132 valence electrons. The Balaban J connectivity index is 1.63. The second kappa shape index (κ2) is 7.97. The first-order chi connectivity index (χ1) is 11.6. The standard InChI is InChI=1S/C20H30NO2P/c1-13(2)16-9-8-14(3)12-18(16)19(22)21-24-20-17-7-5-4-6-15(17)10-11-23-20/h4-7,13-14,16,18,20,24H,8-12H2,1-3H3,(H,21,22)/t14?,16-,18+,20?/m0/s1. The van der Waals surface area contributed by atoms with Gasteiger partial charge in [-0.05, 0) is 48.1 Å². The molecule has 0 aromatic heterocycles. The fourth-order valence-corrected chi connectivity index (χ4v) is 5.34. The van der Waals surface area contributed by atoms with E-state index < -0.39 is 0 Å². The zero-order valence-electron chi connectivity index (χ0n) is 15.0. The van der Waals surface area contributed by atoms with Crippen LogP contribution in [0.4, 0.5) is 0 Å². The number of hydrogen-bond donors (Lipinski definition) is 1. The first kappa shape index (κ1) is 17.9. The maximum Gasteiger partial charge on any atom is 0.226 e. The average Bonchev–Trinajstić information content (AvgIpc) is 2.59. The molecule has 3 unspecified atom stereocenters. The average molecular weight is 347 g/mol. The molecule has 0 bridgehead atoms. The molecule has 1 heterocycles. The van der Waals surface area contributed by atoms with Crippen LogP contribution in [0.25, 0.3) is 0 Å². The molecule has 3 rings (SSSR count). The van der Waals surface area contributed by atoms with Crippen molar-refractivity contribution in [2.45, 2.75) is 52.3 Å². The highest BCUT2D eigenvalue weighted by Gasteiger charge is 2.35. The number of carbonyl (C=O) groups is 1. The molecular weight excluding hydrogens is 317 g/mol. The summed E-state index contributed by atoms with van der Waals surface area (Å²) in [6, 6.07) is 8.46. The largest absolute Gasteiger partial charge is 0.367 e. The van der Waals surface area contributed by atoms with Crippen molar-refractivity contribution in [3.63, 3.8) is 0 Å². The smallest absolute Gasteiger partial charge is 0.226 e.